The smallest absolute Gasteiger partial charge is 0.127 e. The summed E-state index contributed by atoms with van der Waals surface area (Å²) in [6, 6.07) is 13.8. The molecule has 0 bridgehead atoms. The summed E-state index contributed by atoms with van der Waals surface area (Å²) in [7, 11) is 4.99. The highest BCUT2D eigenvalue weighted by Crippen LogP contribution is 2.30. The van der Waals surface area contributed by atoms with Gasteiger partial charge in [-0.15, -0.1) is 0 Å². The summed E-state index contributed by atoms with van der Waals surface area (Å²) < 4.78 is 16.1. The van der Waals surface area contributed by atoms with Gasteiger partial charge in [-0.1, -0.05) is 12.1 Å². The zero-order valence-corrected chi connectivity index (χ0v) is 15.4. The van der Waals surface area contributed by atoms with Gasteiger partial charge in [0.2, 0.25) is 0 Å². The number of aliphatic imine (C=N–C) groups is 1. The Hall–Kier alpha value is -2.73. The van der Waals surface area contributed by atoms with Crippen LogP contribution in [0.15, 0.2) is 47.5 Å². The van der Waals surface area contributed by atoms with Crippen LogP contribution in [0.5, 0.6) is 17.2 Å². The van der Waals surface area contributed by atoms with E-state index in [-0.39, 0.29) is 6.04 Å². The molecule has 0 saturated heterocycles. The van der Waals surface area contributed by atoms with Gasteiger partial charge in [0.1, 0.15) is 23.1 Å². The van der Waals surface area contributed by atoms with Crippen LogP contribution in [0.2, 0.25) is 0 Å². The van der Waals surface area contributed by atoms with Gasteiger partial charge in [0.15, 0.2) is 0 Å². The van der Waals surface area contributed by atoms with Crippen molar-refractivity contribution in [2.75, 3.05) is 34.4 Å². The minimum absolute atomic E-state index is 0.0390. The number of amidine groups is 1. The number of nitrogens with zero attached hydrogens (tertiary/aromatic N) is 1. The fourth-order valence-corrected chi connectivity index (χ4v) is 2.98. The molecule has 2 N–H and O–H groups in total. The summed E-state index contributed by atoms with van der Waals surface area (Å²) in [6.45, 7) is 2.27. The maximum absolute atomic E-state index is 5.56. The summed E-state index contributed by atoms with van der Waals surface area (Å²) in [6.07, 6.45) is 0. The standard InChI is InChI=1S/C20H25N3O3/c1-24-15-6-4-14(5-7-15)13-23-20-19(21-10-11-22-20)17-9-8-16(25-2)12-18(17)26-3/h4-9,12,19,21H,10-11,13H2,1-3H3,(H,22,23)/t19-/m1/s1. The number of ether oxygens (including phenoxy) is 3. The van der Waals surface area contributed by atoms with Crippen LogP contribution in [0.3, 0.4) is 0 Å². The van der Waals surface area contributed by atoms with Crippen molar-refractivity contribution in [3.63, 3.8) is 0 Å². The van der Waals surface area contributed by atoms with E-state index in [0.29, 0.717) is 6.54 Å². The zero-order valence-electron chi connectivity index (χ0n) is 15.4. The average Bonchev–Trinajstić information content (AvgIpc) is 2.72. The molecule has 1 heterocycles. The molecule has 0 spiro atoms. The van der Waals surface area contributed by atoms with Crippen LogP contribution in [0.1, 0.15) is 17.2 Å². The van der Waals surface area contributed by atoms with Gasteiger partial charge < -0.3 is 24.8 Å². The maximum atomic E-state index is 5.56. The second-order valence-corrected chi connectivity index (χ2v) is 5.96. The monoisotopic (exact) mass is 355 g/mol. The van der Waals surface area contributed by atoms with Crippen molar-refractivity contribution in [3.05, 3.63) is 53.6 Å². The quantitative estimate of drug-likeness (QED) is 0.834. The lowest BCUT2D eigenvalue weighted by atomic mass is 10.0. The maximum Gasteiger partial charge on any atom is 0.127 e. The van der Waals surface area contributed by atoms with Crippen LogP contribution >= 0.6 is 0 Å². The molecule has 1 aliphatic rings. The molecular weight excluding hydrogens is 330 g/mol. The van der Waals surface area contributed by atoms with E-state index in [1.165, 1.54) is 5.56 Å². The minimum atomic E-state index is -0.0390. The van der Waals surface area contributed by atoms with Crippen molar-refractivity contribution in [2.24, 2.45) is 4.99 Å². The number of nitrogens with one attached hydrogen (secondary N) is 2. The second kappa shape index (κ2) is 8.58. The first-order valence-corrected chi connectivity index (χ1v) is 8.61. The predicted molar refractivity (Wildman–Crippen MR) is 102 cm³/mol. The molecule has 1 atom stereocenters. The summed E-state index contributed by atoms with van der Waals surface area (Å²) >= 11 is 0. The molecule has 6 heteroatoms. The Morgan fingerprint density at radius 2 is 1.73 bits per heavy atom. The van der Waals surface area contributed by atoms with Crippen molar-refractivity contribution in [3.8, 4) is 17.2 Å². The largest absolute Gasteiger partial charge is 0.497 e. The highest BCUT2D eigenvalue weighted by Gasteiger charge is 2.24. The van der Waals surface area contributed by atoms with Crippen molar-refractivity contribution < 1.29 is 14.2 Å². The Kier molecular flexibility index (Phi) is 5.96. The van der Waals surface area contributed by atoms with E-state index in [0.717, 1.165) is 41.7 Å². The first kappa shape index (κ1) is 18.1. The van der Waals surface area contributed by atoms with E-state index < -0.39 is 0 Å². The summed E-state index contributed by atoms with van der Waals surface area (Å²) in [5.41, 5.74) is 2.20. The van der Waals surface area contributed by atoms with Crippen LogP contribution in [0, 0.1) is 0 Å². The number of rotatable bonds is 6. The van der Waals surface area contributed by atoms with Gasteiger partial charge >= 0.3 is 0 Å². The van der Waals surface area contributed by atoms with Gasteiger partial charge in [-0.2, -0.15) is 0 Å². The van der Waals surface area contributed by atoms with E-state index in [1.54, 1.807) is 21.3 Å². The molecule has 26 heavy (non-hydrogen) atoms. The fourth-order valence-electron chi connectivity index (χ4n) is 2.98. The molecule has 0 unspecified atom stereocenters. The van der Waals surface area contributed by atoms with E-state index in [1.807, 2.05) is 42.5 Å². The van der Waals surface area contributed by atoms with Crippen LogP contribution in [0.4, 0.5) is 0 Å². The summed E-state index contributed by atoms with van der Waals surface area (Å²) in [5, 5.41) is 6.98. The third kappa shape index (κ3) is 4.08. The van der Waals surface area contributed by atoms with Gasteiger partial charge in [0, 0.05) is 24.7 Å². The molecule has 0 radical (unpaired) electrons. The lowest BCUT2D eigenvalue weighted by Gasteiger charge is -2.27. The molecule has 0 saturated carbocycles. The van der Waals surface area contributed by atoms with Crippen molar-refractivity contribution in [2.45, 2.75) is 12.6 Å². The lowest BCUT2D eigenvalue weighted by molar-refractivity contribution is 0.388. The van der Waals surface area contributed by atoms with E-state index in [2.05, 4.69) is 15.6 Å². The first-order chi connectivity index (χ1) is 12.7. The Balaban J connectivity index is 1.76. The van der Waals surface area contributed by atoms with Crippen molar-refractivity contribution >= 4 is 5.84 Å². The van der Waals surface area contributed by atoms with Gasteiger partial charge in [-0.3, -0.25) is 4.99 Å². The van der Waals surface area contributed by atoms with Gasteiger partial charge in [0.05, 0.1) is 33.9 Å². The molecule has 6 nitrogen and oxygen atoms in total. The highest BCUT2D eigenvalue weighted by molar-refractivity contribution is 5.89. The number of hydrogen-bond donors (Lipinski definition) is 2. The summed E-state index contributed by atoms with van der Waals surface area (Å²) in [4.78, 5) is 4.69. The third-order valence-corrected chi connectivity index (χ3v) is 4.40. The molecule has 138 valence electrons. The van der Waals surface area contributed by atoms with E-state index in [9.17, 15) is 0 Å². The topological polar surface area (TPSA) is 64.1 Å². The number of benzene rings is 2. The number of methoxy groups -OCH3 is 3. The highest BCUT2D eigenvalue weighted by atomic mass is 16.5. The Morgan fingerprint density at radius 3 is 2.42 bits per heavy atom. The predicted octanol–water partition coefficient (Wildman–Crippen LogP) is 2.55. The van der Waals surface area contributed by atoms with E-state index >= 15 is 0 Å². The lowest BCUT2D eigenvalue weighted by Crippen LogP contribution is -2.42. The Labute approximate surface area is 154 Å². The zero-order chi connectivity index (χ0) is 18.4. The van der Waals surface area contributed by atoms with Crippen LogP contribution in [-0.2, 0) is 6.54 Å². The Bertz CT molecular complexity index is 759. The third-order valence-electron chi connectivity index (χ3n) is 4.40. The molecule has 2 aromatic rings. The van der Waals surface area contributed by atoms with Gasteiger partial charge in [-0.05, 0) is 29.8 Å². The fraction of sp³-hybridized carbons (Fsp3) is 0.350. The van der Waals surface area contributed by atoms with Gasteiger partial charge in [-0.25, -0.2) is 0 Å². The molecule has 2 aromatic carbocycles. The SMILES string of the molecule is COc1ccc(CNC2=NCCN[C@@H]2c2ccc(OC)cc2OC)cc1. The van der Waals surface area contributed by atoms with Crippen LogP contribution < -0.4 is 24.8 Å². The average molecular weight is 355 g/mol. The molecule has 0 fully saturated rings. The van der Waals surface area contributed by atoms with Crippen molar-refractivity contribution in [1.82, 2.24) is 10.6 Å². The second-order valence-electron chi connectivity index (χ2n) is 5.96. The summed E-state index contributed by atoms with van der Waals surface area (Å²) in [5.74, 6) is 3.32. The first-order valence-electron chi connectivity index (χ1n) is 8.61. The molecule has 0 amide bonds. The molecule has 0 aromatic heterocycles. The van der Waals surface area contributed by atoms with Crippen LogP contribution in [0.25, 0.3) is 0 Å². The Morgan fingerprint density at radius 1 is 1.00 bits per heavy atom. The molecule has 0 aliphatic carbocycles. The molecule has 3 rings (SSSR count). The van der Waals surface area contributed by atoms with Gasteiger partial charge in [0.25, 0.3) is 0 Å². The van der Waals surface area contributed by atoms with Crippen LogP contribution in [-0.4, -0.2) is 40.3 Å². The minimum Gasteiger partial charge on any atom is -0.497 e. The number of hydrogen-bond acceptors (Lipinski definition) is 6. The molecular formula is C20H25N3O3. The van der Waals surface area contributed by atoms with Crippen molar-refractivity contribution in [1.29, 1.82) is 0 Å². The van der Waals surface area contributed by atoms with E-state index in [4.69, 9.17) is 14.2 Å². The normalized spacial score (nSPS) is 16.6. The molecule has 1 aliphatic heterocycles.